The van der Waals surface area contributed by atoms with Crippen molar-refractivity contribution >= 4 is 45.9 Å². The first-order chi connectivity index (χ1) is 11.4. The zero-order valence-electron chi connectivity index (χ0n) is 12.1. The topological polar surface area (TPSA) is 116 Å². The van der Waals surface area contributed by atoms with Gasteiger partial charge in [-0.3, -0.25) is 14.9 Å². The summed E-state index contributed by atoms with van der Waals surface area (Å²) in [5.41, 5.74) is 0.463. The molecule has 2 aromatic carbocycles. The lowest BCUT2D eigenvalue weighted by Gasteiger charge is -2.04. The minimum absolute atomic E-state index is 0.104. The minimum Gasteiger partial charge on any atom is -0.507 e. The number of nitro groups is 1. The van der Waals surface area contributed by atoms with Gasteiger partial charge in [-0.1, -0.05) is 12.1 Å². The molecule has 0 aliphatic carbocycles. The SMILES string of the molecule is N#C/C(=C\c1ccc(O)c(I)c1)C(=O)Nc1cccc([N+](=O)[O-])c1. The molecule has 2 N–H and O–H groups in total. The van der Waals surface area contributed by atoms with Crippen molar-refractivity contribution in [1.29, 1.82) is 5.26 Å². The van der Waals surface area contributed by atoms with Gasteiger partial charge in [-0.25, -0.2) is 0 Å². The number of carbonyl (C=O) groups excluding carboxylic acids is 1. The molecule has 0 unspecified atom stereocenters. The van der Waals surface area contributed by atoms with Gasteiger partial charge in [0.15, 0.2) is 0 Å². The van der Waals surface area contributed by atoms with Crippen molar-refractivity contribution in [2.24, 2.45) is 0 Å². The number of rotatable bonds is 4. The van der Waals surface area contributed by atoms with Crippen molar-refractivity contribution < 1.29 is 14.8 Å². The Morgan fingerprint density at radius 2 is 2.08 bits per heavy atom. The van der Waals surface area contributed by atoms with Crippen molar-refractivity contribution in [2.75, 3.05) is 5.32 Å². The Bertz CT molecular complexity index is 887. The molecule has 0 spiro atoms. The average molecular weight is 435 g/mol. The second kappa shape index (κ2) is 7.56. The number of carbonyl (C=O) groups is 1. The molecule has 0 aliphatic heterocycles. The number of hydrogen-bond donors (Lipinski definition) is 2. The highest BCUT2D eigenvalue weighted by molar-refractivity contribution is 14.1. The van der Waals surface area contributed by atoms with Crippen LogP contribution in [-0.4, -0.2) is 15.9 Å². The summed E-state index contributed by atoms with van der Waals surface area (Å²) in [5, 5.41) is 31.8. The van der Waals surface area contributed by atoms with Crippen LogP contribution in [0.15, 0.2) is 48.0 Å². The van der Waals surface area contributed by atoms with E-state index in [2.05, 4.69) is 5.32 Å². The number of phenolic OH excluding ortho intramolecular Hbond substituents is 1. The quantitative estimate of drug-likeness (QED) is 0.251. The summed E-state index contributed by atoms with van der Waals surface area (Å²) in [6.45, 7) is 0. The molecule has 0 aliphatic rings. The zero-order chi connectivity index (χ0) is 17.7. The van der Waals surface area contributed by atoms with Crippen molar-refractivity contribution in [1.82, 2.24) is 0 Å². The third-order valence-electron chi connectivity index (χ3n) is 2.96. The highest BCUT2D eigenvalue weighted by atomic mass is 127. The molecule has 120 valence electrons. The summed E-state index contributed by atoms with van der Waals surface area (Å²) >= 11 is 1.93. The van der Waals surface area contributed by atoms with E-state index < -0.39 is 10.8 Å². The lowest BCUT2D eigenvalue weighted by molar-refractivity contribution is -0.384. The van der Waals surface area contributed by atoms with Gasteiger partial charge in [0, 0.05) is 17.8 Å². The molecular weight excluding hydrogens is 425 g/mol. The van der Waals surface area contributed by atoms with Crippen molar-refractivity contribution in [3.8, 4) is 11.8 Å². The number of nitriles is 1. The molecule has 0 saturated heterocycles. The van der Waals surface area contributed by atoms with Crippen molar-refractivity contribution in [3.05, 3.63) is 67.3 Å². The molecule has 24 heavy (non-hydrogen) atoms. The number of benzene rings is 2. The fraction of sp³-hybridized carbons (Fsp3) is 0. The van der Waals surface area contributed by atoms with Gasteiger partial charge >= 0.3 is 0 Å². The van der Waals surface area contributed by atoms with Gasteiger partial charge in [0.05, 0.1) is 8.49 Å². The van der Waals surface area contributed by atoms with E-state index in [1.165, 1.54) is 36.4 Å². The van der Waals surface area contributed by atoms with Gasteiger partial charge < -0.3 is 10.4 Å². The second-order valence-electron chi connectivity index (χ2n) is 4.64. The molecule has 0 aromatic heterocycles. The van der Waals surface area contributed by atoms with Crippen LogP contribution in [0.5, 0.6) is 5.75 Å². The molecule has 7 nitrogen and oxygen atoms in total. The normalized spacial score (nSPS) is 10.8. The summed E-state index contributed by atoms with van der Waals surface area (Å²) in [4.78, 5) is 22.3. The second-order valence-corrected chi connectivity index (χ2v) is 5.80. The fourth-order valence-electron chi connectivity index (χ4n) is 1.82. The maximum Gasteiger partial charge on any atom is 0.271 e. The van der Waals surface area contributed by atoms with Crippen LogP contribution in [0, 0.1) is 25.0 Å². The predicted octanol–water partition coefficient (Wildman–Crippen LogP) is 3.45. The zero-order valence-corrected chi connectivity index (χ0v) is 14.2. The van der Waals surface area contributed by atoms with Gasteiger partial charge in [0.2, 0.25) is 0 Å². The smallest absolute Gasteiger partial charge is 0.271 e. The molecular formula is C16H10IN3O4. The van der Waals surface area contributed by atoms with Crippen LogP contribution in [0.2, 0.25) is 0 Å². The maximum absolute atomic E-state index is 12.2. The molecule has 0 bridgehead atoms. The van der Waals surface area contributed by atoms with E-state index in [0.717, 1.165) is 0 Å². The first kappa shape index (κ1) is 17.4. The average Bonchev–Trinajstić information content (AvgIpc) is 2.55. The first-order valence-electron chi connectivity index (χ1n) is 6.57. The lowest BCUT2D eigenvalue weighted by Crippen LogP contribution is -2.13. The van der Waals surface area contributed by atoms with Crippen LogP contribution >= 0.6 is 22.6 Å². The standard InChI is InChI=1S/C16H10IN3O4/c17-14-7-10(4-5-15(14)21)6-11(9-18)16(22)19-12-2-1-3-13(8-12)20(23)24/h1-8,21H,(H,19,22)/b11-6+. The number of non-ortho nitro benzene ring substituents is 1. The molecule has 1 amide bonds. The van der Waals surface area contributed by atoms with Crippen LogP contribution in [0.25, 0.3) is 6.08 Å². The number of anilines is 1. The summed E-state index contributed by atoms with van der Waals surface area (Å²) in [7, 11) is 0. The number of hydrogen-bond acceptors (Lipinski definition) is 5. The first-order valence-corrected chi connectivity index (χ1v) is 7.64. The maximum atomic E-state index is 12.2. The Hall–Kier alpha value is -2.93. The van der Waals surface area contributed by atoms with Crippen molar-refractivity contribution in [2.45, 2.75) is 0 Å². The third-order valence-corrected chi connectivity index (χ3v) is 3.83. The fourth-order valence-corrected chi connectivity index (χ4v) is 2.36. The summed E-state index contributed by atoms with van der Waals surface area (Å²) in [6, 6.07) is 11.9. The third kappa shape index (κ3) is 4.30. The number of nitrogens with one attached hydrogen (secondary N) is 1. The van der Waals surface area contributed by atoms with Crippen molar-refractivity contribution in [3.63, 3.8) is 0 Å². The number of halogens is 1. The summed E-state index contributed by atoms with van der Waals surface area (Å²) in [6.07, 6.45) is 1.37. The van der Waals surface area contributed by atoms with E-state index in [-0.39, 0.29) is 22.7 Å². The Morgan fingerprint density at radius 1 is 1.33 bits per heavy atom. The molecule has 0 heterocycles. The van der Waals surface area contributed by atoms with Crippen LogP contribution in [-0.2, 0) is 4.79 Å². The van der Waals surface area contributed by atoms with E-state index in [4.69, 9.17) is 5.26 Å². The van der Waals surface area contributed by atoms with Crippen LogP contribution in [0.1, 0.15) is 5.56 Å². The van der Waals surface area contributed by atoms with Gasteiger partial charge in [-0.15, -0.1) is 0 Å². The minimum atomic E-state index is -0.680. The number of nitrogens with zero attached hydrogens (tertiary/aromatic N) is 2. The van der Waals surface area contributed by atoms with Gasteiger partial charge in [-0.2, -0.15) is 5.26 Å². The largest absolute Gasteiger partial charge is 0.507 e. The summed E-state index contributed by atoms with van der Waals surface area (Å²) in [5.74, 6) is -0.576. The molecule has 8 heteroatoms. The molecule has 2 rings (SSSR count). The number of phenols is 1. The van der Waals surface area contributed by atoms with Crippen LogP contribution in [0.4, 0.5) is 11.4 Å². The molecule has 0 radical (unpaired) electrons. The molecule has 0 atom stereocenters. The number of aromatic hydroxyl groups is 1. The Kier molecular flexibility index (Phi) is 5.49. The van der Waals surface area contributed by atoms with Gasteiger partial charge in [0.1, 0.15) is 17.4 Å². The van der Waals surface area contributed by atoms with E-state index >= 15 is 0 Å². The van der Waals surface area contributed by atoms with E-state index in [1.54, 1.807) is 18.2 Å². The number of amides is 1. The summed E-state index contributed by atoms with van der Waals surface area (Å²) < 4.78 is 0.581. The monoisotopic (exact) mass is 435 g/mol. The Morgan fingerprint density at radius 3 is 2.71 bits per heavy atom. The Labute approximate surface area is 150 Å². The van der Waals surface area contributed by atoms with Crippen LogP contribution < -0.4 is 5.32 Å². The predicted molar refractivity (Wildman–Crippen MR) is 96.1 cm³/mol. The molecule has 0 saturated carbocycles. The molecule has 0 fully saturated rings. The highest BCUT2D eigenvalue weighted by Crippen LogP contribution is 2.22. The van der Waals surface area contributed by atoms with E-state index in [1.807, 2.05) is 22.6 Å². The molecule has 2 aromatic rings. The van der Waals surface area contributed by atoms with E-state index in [0.29, 0.717) is 9.13 Å². The van der Waals surface area contributed by atoms with Gasteiger partial charge in [0.25, 0.3) is 11.6 Å². The highest BCUT2D eigenvalue weighted by Gasteiger charge is 2.12. The van der Waals surface area contributed by atoms with Gasteiger partial charge in [-0.05, 0) is 52.4 Å². The lowest BCUT2D eigenvalue weighted by atomic mass is 10.1. The number of nitro benzene ring substituents is 1. The Balaban J connectivity index is 2.24. The van der Waals surface area contributed by atoms with E-state index in [9.17, 15) is 20.0 Å². The van der Waals surface area contributed by atoms with Crippen LogP contribution in [0.3, 0.4) is 0 Å².